The molecule has 88 valence electrons. The van der Waals surface area contributed by atoms with E-state index in [1.165, 1.54) is 0 Å². The molecule has 0 bridgehead atoms. The molecule has 1 aromatic rings. The topological polar surface area (TPSA) is 59.1 Å². The van der Waals surface area contributed by atoms with Crippen molar-refractivity contribution in [3.8, 4) is 0 Å². The van der Waals surface area contributed by atoms with Gasteiger partial charge in [0.25, 0.3) is 0 Å². The zero-order valence-electron chi connectivity index (χ0n) is 9.26. The van der Waals surface area contributed by atoms with Gasteiger partial charge in [-0.15, -0.1) is 0 Å². The molecule has 1 fully saturated rings. The minimum atomic E-state index is -2.82. The van der Waals surface area contributed by atoms with Crippen LogP contribution in [0.3, 0.4) is 0 Å². The van der Waals surface area contributed by atoms with Crippen LogP contribution in [0.1, 0.15) is 18.0 Å². The molecule has 4 nitrogen and oxygen atoms in total. The SMILES string of the molecule is CNC(c1cccnc1)C1CCS(=O)(=O)C1. The van der Waals surface area contributed by atoms with E-state index >= 15 is 0 Å². The van der Waals surface area contributed by atoms with E-state index in [9.17, 15) is 8.42 Å². The maximum Gasteiger partial charge on any atom is 0.150 e. The first kappa shape index (κ1) is 11.5. The third-order valence-electron chi connectivity index (χ3n) is 3.09. The van der Waals surface area contributed by atoms with Crippen molar-refractivity contribution in [1.82, 2.24) is 10.3 Å². The number of sulfone groups is 1. The van der Waals surface area contributed by atoms with E-state index < -0.39 is 9.84 Å². The van der Waals surface area contributed by atoms with Crippen molar-refractivity contribution in [3.05, 3.63) is 30.1 Å². The first-order valence-electron chi connectivity index (χ1n) is 5.40. The maximum absolute atomic E-state index is 11.4. The van der Waals surface area contributed by atoms with Crippen molar-refractivity contribution >= 4 is 9.84 Å². The highest BCUT2D eigenvalue weighted by Crippen LogP contribution is 2.30. The predicted molar refractivity (Wildman–Crippen MR) is 62.8 cm³/mol. The average molecular weight is 240 g/mol. The standard InChI is InChI=1S/C11H16N2O2S/c1-12-11(9-3-2-5-13-7-9)10-4-6-16(14,15)8-10/h2-3,5,7,10-12H,4,6,8H2,1H3. The van der Waals surface area contributed by atoms with Crippen LogP contribution in [0.2, 0.25) is 0 Å². The van der Waals surface area contributed by atoms with Gasteiger partial charge in [-0.05, 0) is 31.0 Å². The lowest BCUT2D eigenvalue weighted by Gasteiger charge is -2.21. The van der Waals surface area contributed by atoms with Crippen LogP contribution in [0.15, 0.2) is 24.5 Å². The summed E-state index contributed by atoms with van der Waals surface area (Å²) < 4.78 is 22.9. The van der Waals surface area contributed by atoms with E-state index in [0.29, 0.717) is 5.75 Å². The average Bonchev–Trinajstić information content (AvgIpc) is 2.62. The maximum atomic E-state index is 11.4. The van der Waals surface area contributed by atoms with Gasteiger partial charge in [0, 0.05) is 18.4 Å². The first-order chi connectivity index (χ1) is 7.62. The van der Waals surface area contributed by atoms with Crippen molar-refractivity contribution < 1.29 is 8.42 Å². The third kappa shape index (κ3) is 2.41. The summed E-state index contributed by atoms with van der Waals surface area (Å²) in [6.07, 6.45) is 4.26. The Kier molecular flexibility index (Phi) is 3.25. The Labute approximate surface area is 96.0 Å². The van der Waals surface area contributed by atoms with E-state index in [4.69, 9.17) is 0 Å². The highest BCUT2D eigenvalue weighted by molar-refractivity contribution is 7.91. The summed E-state index contributed by atoms with van der Waals surface area (Å²) in [5.74, 6) is 0.767. The van der Waals surface area contributed by atoms with Crippen LogP contribution in [0.25, 0.3) is 0 Å². The van der Waals surface area contributed by atoms with Crippen LogP contribution in [-0.2, 0) is 9.84 Å². The summed E-state index contributed by atoms with van der Waals surface area (Å²) >= 11 is 0. The number of aromatic nitrogens is 1. The Bertz CT molecular complexity index is 444. The van der Waals surface area contributed by atoms with Gasteiger partial charge in [0.2, 0.25) is 0 Å². The van der Waals surface area contributed by atoms with Gasteiger partial charge >= 0.3 is 0 Å². The molecule has 1 N–H and O–H groups in total. The molecule has 2 atom stereocenters. The van der Waals surface area contributed by atoms with Crippen molar-refractivity contribution in [3.63, 3.8) is 0 Å². The number of nitrogens with one attached hydrogen (secondary N) is 1. The zero-order chi connectivity index (χ0) is 11.6. The van der Waals surface area contributed by atoms with Crippen LogP contribution in [0.5, 0.6) is 0 Å². The summed E-state index contributed by atoms with van der Waals surface area (Å²) in [5.41, 5.74) is 1.06. The fourth-order valence-corrected chi connectivity index (χ4v) is 4.16. The lowest BCUT2D eigenvalue weighted by atomic mass is 9.94. The molecule has 0 spiro atoms. The van der Waals surface area contributed by atoms with Gasteiger partial charge < -0.3 is 5.32 Å². The molecule has 0 amide bonds. The van der Waals surface area contributed by atoms with Gasteiger partial charge in [-0.25, -0.2) is 8.42 Å². The number of nitrogens with zero attached hydrogens (tertiary/aromatic N) is 1. The summed E-state index contributed by atoms with van der Waals surface area (Å²) in [7, 11) is -0.955. The molecule has 2 heterocycles. The first-order valence-corrected chi connectivity index (χ1v) is 7.22. The largest absolute Gasteiger partial charge is 0.313 e. The number of pyridine rings is 1. The molecule has 16 heavy (non-hydrogen) atoms. The van der Waals surface area contributed by atoms with E-state index in [1.54, 1.807) is 12.4 Å². The van der Waals surface area contributed by atoms with E-state index in [2.05, 4.69) is 10.3 Å². The molecule has 0 saturated carbocycles. The molecule has 2 unspecified atom stereocenters. The van der Waals surface area contributed by atoms with Gasteiger partial charge in [0.15, 0.2) is 9.84 Å². The van der Waals surface area contributed by atoms with Crippen molar-refractivity contribution in [2.75, 3.05) is 18.6 Å². The normalized spacial score (nSPS) is 25.4. The van der Waals surface area contributed by atoms with Crippen molar-refractivity contribution in [1.29, 1.82) is 0 Å². The highest BCUT2D eigenvalue weighted by atomic mass is 32.2. The summed E-state index contributed by atoms with van der Waals surface area (Å²) in [5, 5.41) is 3.19. The molecule has 1 aliphatic heterocycles. The van der Waals surface area contributed by atoms with Crippen LogP contribution < -0.4 is 5.32 Å². The lowest BCUT2D eigenvalue weighted by molar-refractivity contribution is 0.418. The van der Waals surface area contributed by atoms with Crippen LogP contribution in [0.4, 0.5) is 0 Å². The van der Waals surface area contributed by atoms with Crippen molar-refractivity contribution in [2.45, 2.75) is 12.5 Å². The third-order valence-corrected chi connectivity index (χ3v) is 4.89. The number of hydrogen-bond donors (Lipinski definition) is 1. The molecule has 5 heteroatoms. The lowest BCUT2D eigenvalue weighted by Crippen LogP contribution is -2.26. The van der Waals surface area contributed by atoms with Crippen LogP contribution in [0, 0.1) is 5.92 Å². The minimum absolute atomic E-state index is 0.0889. The Morgan fingerprint density at radius 2 is 2.38 bits per heavy atom. The molecule has 2 rings (SSSR count). The zero-order valence-corrected chi connectivity index (χ0v) is 10.1. The Balaban J connectivity index is 2.19. The monoisotopic (exact) mass is 240 g/mol. The Morgan fingerprint density at radius 3 is 2.88 bits per heavy atom. The minimum Gasteiger partial charge on any atom is -0.313 e. The highest BCUT2D eigenvalue weighted by Gasteiger charge is 2.33. The molecule has 1 aliphatic rings. The van der Waals surface area contributed by atoms with Gasteiger partial charge in [-0.3, -0.25) is 4.98 Å². The number of rotatable bonds is 3. The molecule has 0 radical (unpaired) electrons. The molecular weight excluding hydrogens is 224 g/mol. The summed E-state index contributed by atoms with van der Waals surface area (Å²) in [4.78, 5) is 4.07. The molecular formula is C11H16N2O2S. The number of hydrogen-bond acceptors (Lipinski definition) is 4. The summed E-state index contributed by atoms with van der Waals surface area (Å²) in [6, 6.07) is 3.95. The van der Waals surface area contributed by atoms with Crippen molar-refractivity contribution in [2.24, 2.45) is 5.92 Å². The second-order valence-corrected chi connectivity index (χ2v) is 6.44. The second-order valence-electron chi connectivity index (χ2n) is 4.22. The fourth-order valence-electron chi connectivity index (χ4n) is 2.32. The molecule has 1 aromatic heterocycles. The smallest absolute Gasteiger partial charge is 0.150 e. The van der Waals surface area contributed by atoms with E-state index in [1.807, 2.05) is 19.2 Å². The van der Waals surface area contributed by atoms with Gasteiger partial charge in [-0.1, -0.05) is 6.07 Å². The molecule has 1 saturated heterocycles. The van der Waals surface area contributed by atoms with Crippen LogP contribution >= 0.6 is 0 Å². The van der Waals surface area contributed by atoms with E-state index in [-0.39, 0.29) is 17.7 Å². The summed E-state index contributed by atoms with van der Waals surface area (Å²) in [6.45, 7) is 0. The van der Waals surface area contributed by atoms with Crippen LogP contribution in [-0.4, -0.2) is 32.0 Å². The van der Waals surface area contributed by atoms with Gasteiger partial charge in [0.1, 0.15) is 0 Å². The predicted octanol–water partition coefficient (Wildman–Crippen LogP) is 0.777. The Hall–Kier alpha value is -0.940. The molecule has 0 aromatic carbocycles. The Morgan fingerprint density at radius 1 is 1.56 bits per heavy atom. The quantitative estimate of drug-likeness (QED) is 0.848. The van der Waals surface area contributed by atoms with E-state index in [0.717, 1.165) is 12.0 Å². The van der Waals surface area contributed by atoms with Gasteiger partial charge in [-0.2, -0.15) is 0 Å². The molecule has 0 aliphatic carbocycles. The fraction of sp³-hybridized carbons (Fsp3) is 0.545. The second kappa shape index (κ2) is 4.51. The van der Waals surface area contributed by atoms with Gasteiger partial charge in [0.05, 0.1) is 11.5 Å².